The van der Waals surface area contributed by atoms with E-state index in [1.165, 1.54) is 0 Å². The second kappa shape index (κ2) is 3.53. The molecule has 2 heterocycles. The first-order valence-electron chi connectivity index (χ1n) is 4.91. The first kappa shape index (κ1) is 9.40. The molecule has 1 aromatic rings. The minimum atomic E-state index is 0.0339. The Balaban J connectivity index is 2.46. The molecule has 4 nitrogen and oxygen atoms in total. The number of hydrogen-bond donors (Lipinski definition) is 1. The van der Waals surface area contributed by atoms with Crippen molar-refractivity contribution in [1.82, 2.24) is 9.78 Å². The molecule has 0 aromatic carbocycles. The number of aryl methyl sites for hydroxylation is 1. The van der Waals surface area contributed by atoms with Crippen molar-refractivity contribution in [1.29, 1.82) is 0 Å². The van der Waals surface area contributed by atoms with Crippen LogP contribution in [0.2, 0.25) is 0 Å². The van der Waals surface area contributed by atoms with E-state index in [-0.39, 0.29) is 18.3 Å². The van der Waals surface area contributed by atoms with Gasteiger partial charge in [-0.25, -0.2) is 0 Å². The molecule has 1 aliphatic rings. The summed E-state index contributed by atoms with van der Waals surface area (Å²) < 4.78 is 1.85. The zero-order valence-corrected chi connectivity index (χ0v) is 8.23. The maximum Gasteiger partial charge on any atom is 0.163 e. The van der Waals surface area contributed by atoms with Crippen LogP contribution < -0.4 is 0 Å². The number of rotatable bonds is 2. The van der Waals surface area contributed by atoms with Crippen LogP contribution in [0, 0.1) is 0 Å². The number of aliphatic hydroxyl groups excluding tert-OH is 1. The quantitative estimate of drug-likeness (QED) is 0.713. The zero-order valence-electron chi connectivity index (χ0n) is 8.23. The lowest BCUT2D eigenvalue weighted by Gasteiger charge is -2.22. The fraction of sp³-hybridized carbons (Fsp3) is 0.600. The predicted molar refractivity (Wildman–Crippen MR) is 51.3 cm³/mol. The van der Waals surface area contributed by atoms with Crippen LogP contribution >= 0.6 is 0 Å². The molecule has 14 heavy (non-hydrogen) atoms. The average Bonchev–Trinajstić information content (AvgIpc) is 2.60. The van der Waals surface area contributed by atoms with Crippen molar-refractivity contribution in [2.24, 2.45) is 0 Å². The highest BCUT2D eigenvalue weighted by Crippen LogP contribution is 2.29. The molecule has 0 amide bonds. The summed E-state index contributed by atoms with van der Waals surface area (Å²) >= 11 is 0. The first-order valence-corrected chi connectivity index (χ1v) is 4.91. The maximum atomic E-state index is 11.3. The van der Waals surface area contributed by atoms with E-state index in [0.717, 1.165) is 25.1 Å². The van der Waals surface area contributed by atoms with Crippen molar-refractivity contribution in [3.8, 4) is 0 Å². The van der Waals surface area contributed by atoms with E-state index in [2.05, 4.69) is 5.10 Å². The number of nitrogens with zero attached hydrogens (tertiary/aromatic N) is 2. The minimum absolute atomic E-state index is 0.0339. The molecular formula is C10H14N2O2. The number of carbonyl (C=O) groups excluding carboxylic acids is 1. The summed E-state index contributed by atoms with van der Waals surface area (Å²) in [5.41, 5.74) is 1.59. The number of carbonyl (C=O) groups is 1. The molecule has 0 saturated carbocycles. The monoisotopic (exact) mass is 194 g/mol. The number of aliphatic hydroxyl groups is 1. The smallest absolute Gasteiger partial charge is 0.163 e. The number of hydrogen-bond acceptors (Lipinski definition) is 3. The topological polar surface area (TPSA) is 55.1 Å². The lowest BCUT2D eigenvalue weighted by molar-refractivity contribution is 0.101. The van der Waals surface area contributed by atoms with E-state index in [9.17, 15) is 9.90 Å². The molecule has 0 fully saturated rings. The molecular weight excluding hydrogens is 180 g/mol. The highest BCUT2D eigenvalue weighted by Gasteiger charge is 2.25. The van der Waals surface area contributed by atoms with E-state index >= 15 is 0 Å². The Labute approximate surface area is 82.5 Å². The molecule has 1 atom stereocenters. The SMILES string of the molecule is CC(=O)c1cnn2c1C(CO)CCC2. The minimum Gasteiger partial charge on any atom is -0.396 e. The van der Waals surface area contributed by atoms with E-state index in [1.54, 1.807) is 13.1 Å². The third-order valence-corrected chi connectivity index (χ3v) is 2.79. The van der Waals surface area contributed by atoms with Crippen LogP contribution in [0.25, 0.3) is 0 Å². The van der Waals surface area contributed by atoms with Gasteiger partial charge in [-0.3, -0.25) is 9.48 Å². The van der Waals surface area contributed by atoms with Crippen LogP contribution in [0.5, 0.6) is 0 Å². The van der Waals surface area contributed by atoms with Crippen LogP contribution in [-0.4, -0.2) is 27.3 Å². The van der Waals surface area contributed by atoms with Crippen molar-refractivity contribution in [2.75, 3.05) is 6.61 Å². The summed E-state index contributed by atoms with van der Waals surface area (Å²) in [6, 6.07) is 0. The molecule has 0 spiro atoms. The van der Waals surface area contributed by atoms with Gasteiger partial charge < -0.3 is 5.11 Å². The van der Waals surface area contributed by atoms with Gasteiger partial charge in [-0.15, -0.1) is 0 Å². The van der Waals surface area contributed by atoms with Gasteiger partial charge in [0.2, 0.25) is 0 Å². The standard InChI is InChI=1S/C10H14N2O2/c1-7(14)9-5-11-12-4-2-3-8(6-13)10(9)12/h5,8,13H,2-4,6H2,1H3. The third kappa shape index (κ3) is 1.35. The molecule has 1 aromatic heterocycles. The summed E-state index contributed by atoms with van der Waals surface area (Å²) in [5, 5.41) is 13.4. The van der Waals surface area contributed by atoms with Gasteiger partial charge in [-0.05, 0) is 19.8 Å². The molecule has 1 unspecified atom stereocenters. The van der Waals surface area contributed by atoms with Gasteiger partial charge in [0.15, 0.2) is 5.78 Å². The molecule has 76 valence electrons. The predicted octanol–water partition coefficient (Wildman–Crippen LogP) is 0.955. The molecule has 0 radical (unpaired) electrons. The highest BCUT2D eigenvalue weighted by atomic mass is 16.3. The van der Waals surface area contributed by atoms with Gasteiger partial charge >= 0.3 is 0 Å². The third-order valence-electron chi connectivity index (χ3n) is 2.79. The van der Waals surface area contributed by atoms with E-state index < -0.39 is 0 Å². The number of aromatic nitrogens is 2. The highest BCUT2D eigenvalue weighted by molar-refractivity contribution is 5.95. The van der Waals surface area contributed by atoms with Crippen LogP contribution in [0.1, 0.15) is 41.7 Å². The van der Waals surface area contributed by atoms with Gasteiger partial charge in [0.1, 0.15) is 0 Å². The van der Waals surface area contributed by atoms with Crippen molar-refractivity contribution in [3.63, 3.8) is 0 Å². The van der Waals surface area contributed by atoms with Crippen LogP contribution in [0.4, 0.5) is 0 Å². The number of fused-ring (bicyclic) bond motifs is 1. The second-order valence-corrected chi connectivity index (χ2v) is 3.74. The lowest BCUT2D eigenvalue weighted by Crippen LogP contribution is -2.20. The number of ketones is 1. The Morgan fingerprint density at radius 1 is 1.79 bits per heavy atom. The average molecular weight is 194 g/mol. The largest absolute Gasteiger partial charge is 0.396 e. The first-order chi connectivity index (χ1) is 6.74. The summed E-state index contributed by atoms with van der Waals surface area (Å²) in [7, 11) is 0. The van der Waals surface area contributed by atoms with Crippen molar-refractivity contribution in [3.05, 3.63) is 17.5 Å². The fourth-order valence-corrected chi connectivity index (χ4v) is 2.08. The summed E-state index contributed by atoms with van der Waals surface area (Å²) in [6.07, 6.45) is 3.59. The van der Waals surface area contributed by atoms with Gasteiger partial charge in [0.05, 0.1) is 24.1 Å². The maximum absolute atomic E-state index is 11.3. The zero-order chi connectivity index (χ0) is 10.1. The molecule has 0 aliphatic carbocycles. The molecule has 1 N–H and O–H groups in total. The Morgan fingerprint density at radius 3 is 3.21 bits per heavy atom. The molecule has 0 bridgehead atoms. The molecule has 0 saturated heterocycles. The van der Waals surface area contributed by atoms with Crippen molar-refractivity contribution < 1.29 is 9.90 Å². The van der Waals surface area contributed by atoms with Gasteiger partial charge in [-0.2, -0.15) is 5.10 Å². The molecule has 2 rings (SSSR count). The van der Waals surface area contributed by atoms with E-state index in [0.29, 0.717) is 5.56 Å². The lowest BCUT2D eigenvalue weighted by atomic mass is 9.93. The van der Waals surface area contributed by atoms with Crippen LogP contribution in [0.3, 0.4) is 0 Å². The summed E-state index contributed by atoms with van der Waals surface area (Å²) in [6.45, 7) is 2.51. The number of Topliss-reactive ketones (excluding diaryl/α,β-unsaturated/α-hetero) is 1. The van der Waals surface area contributed by atoms with E-state index in [1.807, 2.05) is 4.68 Å². The van der Waals surface area contributed by atoms with Crippen LogP contribution in [-0.2, 0) is 6.54 Å². The second-order valence-electron chi connectivity index (χ2n) is 3.74. The van der Waals surface area contributed by atoms with Gasteiger partial charge in [0, 0.05) is 12.5 Å². The Kier molecular flexibility index (Phi) is 2.37. The Hall–Kier alpha value is -1.16. The van der Waals surface area contributed by atoms with Gasteiger partial charge in [-0.1, -0.05) is 0 Å². The Bertz CT molecular complexity index is 357. The van der Waals surface area contributed by atoms with Gasteiger partial charge in [0.25, 0.3) is 0 Å². The fourth-order valence-electron chi connectivity index (χ4n) is 2.08. The Morgan fingerprint density at radius 2 is 2.57 bits per heavy atom. The molecule has 4 heteroatoms. The van der Waals surface area contributed by atoms with Crippen LogP contribution in [0.15, 0.2) is 6.20 Å². The summed E-state index contributed by atoms with van der Waals surface area (Å²) in [4.78, 5) is 11.3. The molecule has 1 aliphatic heterocycles. The normalized spacial score (nSPS) is 20.6. The van der Waals surface area contributed by atoms with Crippen molar-refractivity contribution in [2.45, 2.75) is 32.2 Å². The summed E-state index contributed by atoms with van der Waals surface area (Å²) in [5.74, 6) is 0.122. The van der Waals surface area contributed by atoms with Crippen molar-refractivity contribution >= 4 is 5.78 Å². The van der Waals surface area contributed by atoms with E-state index in [4.69, 9.17) is 0 Å².